The van der Waals surface area contributed by atoms with Crippen molar-refractivity contribution >= 4 is 15.7 Å². The van der Waals surface area contributed by atoms with Crippen molar-refractivity contribution in [2.75, 3.05) is 44.7 Å². The number of piperazine rings is 1. The Morgan fingerprint density at radius 3 is 2.32 bits per heavy atom. The Labute approximate surface area is 128 Å². The smallest absolute Gasteiger partial charge is 0.254 e. The predicted octanol–water partition coefficient (Wildman–Crippen LogP) is 0.767. The number of carbonyl (C=O) groups excluding carboxylic acids is 1. The van der Waals surface area contributed by atoms with Gasteiger partial charge in [-0.1, -0.05) is 0 Å². The summed E-state index contributed by atoms with van der Waals surface area (Å²) in [6.45, 7) is 2.42. The fourth-order valence-electron chi connectivity index (χ4n) is 2.28. The lowest BCUT2D eigenvalue weighted by Gasteiger charge is -2.34. The monoisotopic (exact) mass is 332 g/mol. The number of sulfone groups is 1. The van der Waals surface area contributed by atoms with Gasteiger partial charge in [0, 0.05) is 44.5 Å². The lowest BCUT2D eigenvalue weighted by atomic mass is 10.1. The number of hydrogen-bond acceptors (Lipinski definition) is 4. The minimum Gasteiger partial charge on any atom is -0.336 e. The van der Waals surface area contributed by atoms with Gasteiger partial charge < -0.3 is 4.90 Å². The molecule has 22 heavy (non-hydrogen) atoms. The van der Waals surface area contributed by atoms with Crippen LogP contribution in [0.4, 0.5) is 8.78 Å². The maximum absolute atomic E-state index is 13.2. The molecule has 1 aliphatic rings. The summed E-state index contributed by atoms with van der Waals surface area (Å²) in [7, 11) is -3.00. The molecule has 5 nitrogen and oxygen atoms in total. The number of nitrogens with zero attached hydrogens (tertiary/aromatic N) is 2. The summed E-state index contributed by atoms with van der Waals surface area (Å²) in [6, 6.07) is 3.09. The standard InChI is InChI=1S/C14H18F2N2O3S/c1-22(20,21)9-8-17-4-6-18(7-5-17)14(19)11-2-3-12(15)13(16)10-11/h2-3,10H,4-9H2,1H3. The van der Waals surface area contributed by atoms with Crippen molar-refractivity contribution in [3.63, 3.8) is 0 Å². The summed E-state index contributed by atoms with van der Waals surface area (Å²) < 4.78 is 48.3. The number of halogens is 2. The number of amides is 1. The molecular weight excluding hydrogens is 314 g/mol. The molecular formula is C14H18F2N2O3S. The normalized spacial score (nSPS) is 16.8. The zero-order valence-electron chi connectivity index (χ0n) is 12.3. The predicted molar refractivity (Wildman–Crippen MR) is 78.4 cm³/mol. The Hall–Kier alpha value is -1.54. The topological polar surface area (TPSA) is 57.7 Å². The van der Waals surface area contributed by atoms with Crippen LogP contribution < -0.4 is 0 Å². The Morgan fingerprint density at radius 1 is 1.14 bits per heavy atom. The van der Waals surface area contributed by atoms with Crippen LogP contribution in [0.1, 0.15) is 10.4 Å². The van der Waals surface area contributed by atoms with Crippen LogP contribution in [0.3, 0.4) is 0 Å². The van der Waals surface area contributed by atoms with Crippen molar-refractivity contribution < 1.29 is 22.0 Å². The van der Waals surface area contributed by atoms with E-state index in [2.05, 4.69) is 0 Å². The summed E-state index contributed by atoms with van der Waals surface area (Å²) in [5.41, 5.74) is 0.114. The maximum Gasteiger partial charge on any atom is 0.254 e. The van der Waals surface area contributed by atoms with Gasteiger partial charge in [-0.05, 0) is 18.2 Å². The van der Waals surface area contributed by atoms with E-state index in [1.807, 2.05) is 4.90 Å². The van der Waals surface area contributed by atoms with Crippen LogP contribution in [-0.4, -0.2) is 68.9 Å². The van der Waals surface area contributed by atoms with E-state index in [0.717, 1.165) is 12.1 Å². The van der Waals surface area contributed by atoms with E-state index in [1.165, 1.54) is 12.3 Å². The van der Waals surface area contributed by atoms with Crippen LogP contribution in [0.2, 0.25) is 0 Å². The average molecular weight is 332 g/mol. The van der Waals surface area contributed by atoms with Gasteiger partial charge in [0.15, 0.2) is 11.6 Å². The highest BCUT2D eigenvalue weighted by Gasteiger charge is 2.23. The highest BCUT2D eigenvalue weighted by Crippen LogP contribution is 2.13. The number of hydrogen-bond donors (Lipinski definition) is 0. The Balaban J connectivity index is 1.91. The lowest BCUT2D eigenvalue weighted by Crippen LogP contribution is -2.49. The molecule has 1 fully saturated rings. The van der Waals surface area contributed by atoms with Gasteiger partial charge in [-0.25, -0.2) is 17.2 Å². The van der Waals surface area contributed by atoms with Crippen molar-refractivity contribution in [2.45, 2.75) is 0 Å². The quantitative estimate of drug-likeness (QED) is 0.817. The third kappa shape index (κ3) is 4.48. The SMILES string of the molecule is CS(=O)(=O)CCN1CCN(C(=O)c2ccc(F)c(F)c2)CC1. The Morgan fingerprint density at radius 2 is 1.77 bits per heavy atom. The summed E-state index contributed by atoms with van der Waals surface area (Å²) in [5.74, 6) is -2.29. The van der Waals surface area contributed by atoms with Crippen molar-refractivity contribution in [3.05, 3.63) is 35.4 Å². The molecule has 0 bridgehead atoms. The molecule has 1 amide bonds. The van der Waals surface area contributed by atoms with Crippen molar-refractivity contribution in [1.29, 1.82) is 0 Å². The highest BCUT2D eigenvalue weighted by molar-refractivity contribution is 7.90. The molecule has 1 saturated heterocycles. The molecule has 2 rings (SSSR count). The van der Waals surface area contributed by atoms with E-state index in [9.17, 15) is 22.0 Å². The van der Waals surface area contributed by atoms with Gasteiger partial charge in [-0.2, -0.15) is 0 Å². The minimum absolute atomic E-state index is 0.0874. The first-order valence-corrected chi connectivity index (χ1v) is 8.97. The molecule has 0 aromatic heterocycles. The minimum atomic E-state index is -3.00. The second-order valence-corrected chi connectivity index (χ2v) is 7.65. The maximum atomic E-state index is 13.2. The van der Waals surface area contributed by atoms with Gasteiger partial charge in [-0.3, -0.25) is 9.69 Å². The van der Waals surface area contributed by atoms with E-state index in [1.54, 1.807) is 4.90 Å². The van der Waals surface area contributed by atoms with Gasteiger partial charge in [0.05, 0.1) is 5.75 Å². The van der Waals surface area contributed by atoms with Crippen molar-refractivity contribution in [2.24, 2.45) is 0 Å². The van der Waals surface area contributed by atoms with Crippen molar-refractivity contribution in [1.82, 2.24) is 9.80 Å². The fraction of sp³-hybridized carbons (Fsp3) is 0.500. The Bertz CT molecular complexity index is 656. The third-order valence-corrected chi connectivity index (χ3v) is 4.53. The molecule has 1 aromatic carbocycles. The summed E-state index contributed by atoms with van der Waals surface area (Å²) in [4.78, 5) is 15.7. The molecule has 0 spiro atoms. The molecule has 0 atom stereocenters. The van der Waals surface area contributed by atoms with Gasteiger partial charge in [0.2, 0.25) is 0 Å². The van der Waals surface area contributed by atoms with Crippen LogP contribution >= 0.6 is 0 Å². The summed E-state index contributed by atoms with van der Waals surface area (Å²) in [5, 5.41) is 0. The molecule has 0 saturated carbocycles. The molecule has 1 heterocycles. The fourth-order valence-corrected chi connectivity index (χ4v) is 2.87. The molecule has 0 radical (unpaired) electrons. The first-order valence-electron chi connectivity index (χ1n) is 6.91. The zero-order valence-corrected chi connectivity index (χ0v) is 13.1. The number of rotatable bonds is 4. The van der Waals surface area contributed by atoms with Crippen molar-refractivity contribution in [3.8, 4) is 0 Å². The largest absolute Gasteiger partial charge is 0.336 e. The van der Waals surface area contributed by atoms with Gasteiger partial charge in [-0.15, -0.1) is 0 Å². The van der Waals surface area contributed by atoms with E-state index < -0.39 is 21.5 Å². The van der Waals surface area contributed by atoms with E-state index in [0.29, 0.717) is 32.7 Å². The van der Waals surface area contributed by atoms with E-state index in [-0.39, 0.29) is 17.2 Å². The lowest BCUT2D eigenvalue weighted by molar-refractivity contribution is 0.0643. The second kappa shape index (κ2) is 6.70. The van der Waals surface area contributed by atoms with Crippen LogP contribution in [-0.2, 0) is 9.84 Å². The van der Waals surface area contributed by atoms with E-state index >= 15 is 0 Å². The third-order valence-electron chi connectivity index (χ3n) is 3.60. The van der Waals surface area contributed by atoms with Crippen LogP contribution in [0, 0.1) is 11.6 Å². The molecule has 0 N–H and O–H groups in total. The first kappa shape index (κ1) is 16.8. The zero-order chi connectivity index (χ0) is 16.3. The van der Waals surface area contributed by atoms with Crippen LogP contribution in [0.15, 0.2) is 18.2 Å². The average Bonchev–Trinajstić information content (AvgIpc) is 2.47. The van der Waals surface area contributed by atoms with Crippen LogP contribution in [0.25, 0.3) is 0 Å². The van der Waals surface area contributed by atoms with Gasteiger partial charge >= 0.3 is 0 Å². The molecule has 0 aliphatic carbocycles. The molecule has 1 aromatic rings. The molecule has 122 valence electrons. The summed E-state index contributed by atoms with van der Waals surface area (Å²) >= 11 is 0. The Kier molecular flexibility index (Phi) is 5.12. The summed E-state index contributed by atoms with van der Waals surface area (Å²) in [6.07, 6.45) is 1.19. The van der Waals surface area contributed by atoms with Crippen LogP contribution in [0.5, 0.6) is 0 Å². The van der Waals surface area contributed by atoms with E-state index in [4.69, 9.17) is 0 Å². The molecule has 1 aliphatic heterocycles. The molecule has 8 heteroatoms. The molecule has 0 unspecified atom stereocenters. The van der Waals surface area contributed by atoms with Gasteiger partial charge in [0.25, 0.3) is 5.91 Å². The first-order chi connectivity index (χ1) is 10.3. The second-order valence-electron chi connectivity index (χ2n) is 5.39. The number of carbonyl (C=O) groups is 1. The van der Waals surface area contributed by atoms with Gasteiger partial charge in [0.1, 0.15) is 9.84 Å². The highest BCUT2D eigenvalue weighted by atomic mass is 32.2. The number of benzene rings is 1.